The molecule has 1 amide bonds. The minimum atomic E-state index is 0.168. The molecule has 6 heteroatoms. The first kappa shape index (κ1) is 28.3. The number of carbonyl (C=O) groups is 1. The first-order chi connectivity index (χ1) is 17.3. The van der Waals surface area contributed by atoms with Crippen LogP contribution in [0.2, 0.25) is 0 Å². The summed E-state index contributed by atoms with van der Waals surface area (Å²) in [4.78, 5) is 18.8. The van der Waals surface area contributed by atoms with Gasteiger partial charge in [0.1, 0.15) is 0 Å². The number of fused-ring (bicyclic) bond motifs is 1. The first-order valence-electron chi connectivity index (χ1n) is 15.5. The van der Waals surface area contributed by atoms with E-state index in [1.165, 1.54) is 70.8 Å². The van der Waals surface area contributed by atoms with Crippen LogP contribution < -0.4 is 11.2 Å². The average molecular weight is 504 g/mol. The monoisotopic (exact) mass is 503 g/mol. The van der Waals surface area contributed by atoms with Gasteiger partial charge in [-0.15, -0.1) is 0 Å². The maximum absolute atomic E-state index is 14.2. The molecule has 4 rings (SSSR count). The molecule has 7 atom stereocenters. The Morgan fingerprint density at radius 3 is 2.42 bits per heavy atom. The Balaban J connectivity index is 1.47. The van der Waals surface area contributed by atoms with E-state index in [9.17, 15) is 4.79 Å². The number of hydrogen-bond acceptors (Lipinski definition) is 5. The number of nitrogens with two attached hydrogens (primary N) is 1. The van der Waals surface area contributed by atoms with Gasteiger partial charge in [-0.3, -0.25) is 10.2 Å². The van der Waals surface area contributed by atoms with E-state index in [0.29, 0.717) is 41.8 Å². The zero-order valence-electron chi connectivity index (χ0n) is 24.1. The zero-order chi connectivity index (χ0) is 25.8. The maximum atomic E-state index is 14.2. The van der Waals surface area contributed by atoms with Crippen LogP contribution in [0.3, 0.4) is 0 Å². The van der Waals surface area contributed by atoms with Crippen molar-refractivity contribution >= 4 is 5.91 Å². The van der Waals surface area contributed by atoms with Crippen molar-refractivity contribution < 1.29 is 4.79 Å². The Bertz CT molecular complexity index is 695. The van der Waals surface area contributed by atoms with Crippen LogP contribution >= 0.6 is 0 Å². The number of likely N-dealkylation sites (N-methyl/N-ethyl adjacent to an activating group) is 1. The third-order valence-electron chi connectivity index (χ3n) is 10.7. The van der Waals surface area contributed by atoms with Gasteiger partial charge in [-0.25, -0.2) is 5.01 Å². The summed E-state index contributed by atoms with van der Waals surface area (Å²) in [5.41, 5.74) is 9.55. The van der Waals surface area contributed by atoms with Crippen molar-refractivity contribution in [2.45, 2.75) is 110 Å². The minimum Gasteiger partial charge on any atom is -0.343 e. The Labute approximate surface area is 222 Å². The Hall–Kier alpha value is -0.690. The van der Waals surface area contributed by atoms with Crippen molar-refractivity contribution in [1.82, 2.24) is 20.2 Å². The van der Waals surface area contributed by atoms with E-state index in [0.717, 1.165) is 37.9 Å². The highest BCUT2D eigenvalue weighted by Gasteiger charge is 2.50. The van der Waals surface area contributed by atoms with E-state index in [4.69, 9.17) is 5.73 Å². The number of nitrogens with one attached hydrogen (secondary N) is 1. The van der Waals surface area contributed by atoms with Gasteiger partial charge in [-0.05, 0) is 90.0 Å². The normalized spacial score (nSPS) is 35.2. The number of nitrogens with zero attached hydrogens (tertiary/aromatic N) is 3. The van der Waals surface area contributed by atoms with Crippen LogP contribution in [-0.4, -0.2) is 79.1 Å². The Kier molecular flexibility index (Phi) is 10.2. The molecule has 4 fully saturated rings. The lowest BCUT2D eigenvalue weighted by Gasteiger charge is -2.46. The molecule has 0 aromatic heterocycles. The van der Waals surface area contributed by atoms with Crippen molar-refractivity contribution in [3.05, 3.63) is 0 Å². The smallest absolute Gasteiger partial charge is 0.226 e. The predicted octanol–water partition coefficient (Wildman–Crippen LogP) is 4.35. The molecule has 6 unspecified atom stereocenters. The van der Waals surface area contributed by atoms with Crippen LogP contribution in [0.25, 0.3) is 0 Å². The Morgan fingerprint density at radius 2 is 1.72 bits per heavy atom. The van der Waals surface area contributed by atoms with Crippen LogP contribution in [0.15, 0.2) is 0 Å². The molecule has 0 bridgehead atoms. The summed E-state index contributed by atoms with van der Waals surface area (Å²) < 4.78 is 0. The minimum absolute atomic E-state index is 0.168. The van der Waals surface area contributed by atoms with Crippen molar-refractivity contribution in [3.8, 4) is 0 Å². The maximum Gasteiger partial charge on any atom is 0.226 e. The van der Waals surface area contributed by atoms with Gasteiger partial charge in [-0.2, -0.15) is 0 Å². The fourth-order valence-corrected chi connectivity index (χ4v) is 8.58. The second kappa shape index (κ2) is 12.9. The van der Waals surface area contributed by atoms with Crippen LogP contribution in [0.1, 0.15) is 91.4 Å². The molecule has 1 saturated heterocycles. The highest BCUT2D eigenvalue weighted by Crippen LogP contribution is 2.47. The van der Waals surface area contributed by atoms with E-state index >= 15 is 0 Å². The van der Waals surface area contributed by atoms with Crippen molar-refractivity contribution in [1.29, 1.82) is 0 Å². The molecular formula is C30H57N5O. The Morgan fingerprint density at radius 1 is 0.972 bits per heavy atom. The number of hydrazine groups is 1. The summed E-state index contributed by atoms with van der Waals surface area (Å²) in [6, 6.07) is 1.33. The first-order valence-corrected chi connectivity index (χ1v) is 15.5. The quantitative estimate of drug-likeness (QED) is 0.490. The molecule has 0 aromatic carbocycles. The topological polar surface area (TPSA) is 64.8 Å². The van der Waals surface area contributed by atoms with Gasteiger partial charge in [0.05, 0.1) is 0 Å². The fourth-order valence-electron chi connectivity index (χ4n) is 8.58. The third kappa shape index (κ3) is 6.47. The summed E-state index contributed by atoms with van der Waals surface area (Å²) >= 11 is 0. The van der Waals surface area contributed by atoms with E-state index in [-0.39, 0.29) is 5.92 Å². The number of amides is 1. The van der Waals surface area contributed by atoms with Gasteiger partial charge in [-0.1, -0.05) is 32.1 Å². The standard InChI is InChI=1S/C30H57N5O/c1-21(2)35-29-18-26(25-13-9-10-23(16-25)20-33(4)15-14-31)17-27(28(29)19-32-35)30(36)34(5)22(3)24-11-7-6-8-12-24/h21-29,32H,6-20,31H2,1-5H3/t22-,23?,25?,26?,27?,28?,29?/m0/s1. The van der Waals surface area contributed by atoms with Gasteiger partial charge >= 0.3 is 0 Å². The van der Waals surface area contributed by atoms with Crippen molar-refractivity contribution in [2.75, 3.05) is 40.3 Å². The molecule has 1 aliphatic heterocycles. The second-order valence-electron chi connectivity index (χ2n) is 13.4. The van der Waals surface area contributed by atoms with Crippen LogP contribution in [0, 0.1) is 35.5 Å². The molecule has 0 aromatic rings. The van der Waals surface area contributed by atoms with Crippen LogP contribution in [-0.2, 0) is 4.79 Å². The van der Waals surface area contributed by atoms with Gasteiger partial charge in [0.15, 0.2) is 0 Å². The largest absolute Gasteiger partial charge is 0.343 e. The van der Waals surface area contributed by atoms with Gasteiger partial charge in [0, 0.05) is 63.2 Å². The molecule has 1 heterocycles. The summed E-state index contributed by atoms with van der Waals surface area (Å²) in [5.74, 6) is 3.96. The molecular weight excluding hydrogens is 446 g/mol. The zero-order valence-corrected chi connectivity index (χ0v) is 24.1. The number of hydrogen-bond donors (Lipinski definition) is 2. The van der Waals surface area contributed by atoms with Crippen LogP contribution in [0.4, 0.5) is 0 Å². The highest BCUT2D eigenvalue weighted by molar-refractivity contribution is 5.79. The summed E-state index contributed by atoms with van der Waals surface area (Å²) in [7, 11) is 4.34. The van der Waals surface area contributed by atoms with Gasteiger partial charge in [0.2, 0.25) is 5.91 Å². The second-order valence-corrected chi connectivity index (χ2v) is 13.4. The summed E-state index contributed by atoms with van der Waals surface area (Å²) in [6.45, 7) is 10.8. The lowest BCUT2D eigenvalue weighted by atomic mass is 9.63. The highest BCUT2D eigenvalue weighted by atomic mass is 16.2. The molecule has 0 radical (unpaired) electrons. The van der Waals surface area contributed by atoms with E-state index in [2.05, 4.69) is 55.1 Å². The molecule has 0 spiro atoms. The lowest BCUT2D eigenvalue weighted by Crippen LogP contribution is -2.52. The number of carbonyl (C=O) groups excluding carboxylic acids is 1. The van der Waals surface area contributed by atoms with E-state index in [1.54, 1.807) is 0 Å². The lowest BCUT2D eigenvalue weighted by molar-refractivity contribution is -0.142. The fraction of sp³-hybridized carbons (Fsp3) is 0.967. The third-order valence-corrected chi connectivity index (χ3v) is 10.7. The molecule has 36 heavy (non-hydrogen) atoms. The number of rotatable bonds is 9. The van der Waals surface area contributed by atoms with Gasteiger partial charge in [0.25, 0.3) is 0 Å². The van der Waals surface area contributed by atoms with Gasteiger partial charge < -0.3 is 15.5 Å². The predicted molar refractivity (Wildman–Crippen MR) is 149 cm³/mol. The molecule has 6 nitrogen and oxygen atoms in total. The van der Waals surface area contributed by atoms with Crippen LogP contribution in [0.5, 0.6) is 0 Å². The molecule has 3 saturated carbocycles. The summed E-state index contributed by atoms with van der Waals surface area (Å²) in [5, 5.41) is 2.51. The summed E-state index contributed by atoms with van der Waals surface area (Å²) in [6.07, 6.45) is 14.4. The molecule has 208 valence electrons. The average Bonchev–Trinajstić information content (AvgIpc) is 3.32. The SMILES string of the molecule is CC(C)N1NCC2C(C(=O)N(C)[C@@H](C)C3CCCCC3)CC(C3CCCC(CN(C)CCN)C3)CC21. The van der Waals surface area contributed by atoms with Crippen molar-refractivity contribution in [2.24, 2.45) is 41.2 Å². The van der Waals surface area contributed by atoms with E-state index in [1.807, 2.05) is 0 Å². The van der Waals surface area contributed by atoms with E-state index < -0.39 is 0 Å². The molecule has 4 aliphatic rings. The molecule has 3 aliphatic carbocycles. The molecule has 3 N–H and O–H groups in total. The van der Waals surface area contributed by atoms with Crippen molar-refractivity contribution in [3.63, 3.8) is 0 Å².